The van der Waals surface area contributed by atoms with E-state index in [9.17, 15) is 0 Å². The van der Waals surface area contributed by atoms with E-state index in [0.717, 1.165) is 0 Å². The summed E-state index contributed by atoms with van der Waals surface area (Å²) in [5, 5.41) is 0. The van der Waals surface area contributed by atoms with E-state index in [1.165, 1.54) is 0 Å². The van der Waals surface area contributed by atoms with Gasteiger partial charge in [0.05, 0.1) is 0 Å². The van der Waals surface area contributed by atoms with Crippen LogP contribution in [0.15, 0.2) is 0 Å². The topological polar surface area (TPSA) is 104 Å². The van der Waals surface area contributed by atoms with Crippen LogP contribution in [-0.2, 0) is 70.9 Å². The quantitative estimate of drug-likeness (QED) is 0.221. The molecule has 0 bridgehead atoms. The third kappa shape index (κ3) is 3210. The van der Waals surface area contributed by atoms with Crippen molar-refractivity contribution in [3.05, 3.63) is 0 Å². The van der Waals surface area contributed by atoms with E-state index in [0.29, 0.717) is 0 Å². The maximum absolute atomic E-state index is 4.66. The maximum atomic E-state index is 4.66. The van der Waals surface area contributed by atoms with Gasteiger partial charge in [0.2, 0.25) is 0 Å². The summed E-state index contributed by atoms with van der Waals surface area (Å²) in [4.78, 5) is 0. The minimum Gasteiger partial charge on any atom is -0.415 e. The van der Waals surface area contributed by atoms with Crippen LogP contribution in [0.25, 0.3) is 0 Å². The largest absolute Gasteiger partial charge is 0.415 e. The minimum atomic E-state index is 0. The zero-order valence-electron chi connectivity index (χ0n) is 7.95. The van der Waals surface area contributed by atoms with E-state index in [1.54, 1.807) is 0 Å². The maximum Gasteiger partial charge on any atom is 0 e. The summed E-state index contributed by atoms with van der Waals surface area (Å²) in [6.07, 6.45) is 0. The molecule has 0 fully saturated rings. The predicted octanol–water partition coefficient (Wildman–Crippen LogP) is -0.895. The summed E-state index contributed by atoms with van der Waals surface area (Å²) >= 11 is 33.0. The van der Waals surface area contributed by atoms with Crippen LogP contribution < -0.4 is 22.9 Å². The Kier molecular flexibility index (Phi) is 46.9. The van der Waals surface area contributed by atoms with E-state index in [-0.39, 0.29) is 37.7 Å². The van der Waals surface area contributed by atoms with Gasteiger partial charge in [0.1, 0.15) is 0 Å². The molecule has 0 aliphatic carbocycles. The first-order valence-corrected chi connectivity index (χ1v) is 6.05. The van der Waals surface area contributed by atoms with Crippen LogP contribution >= 0.6 is 48.9 Å². The van der Waals surface area contributed by atoms with E-state index in [1.807, 2.05) is 0 Å². The number of hydrogen-bond donors (Lipinski definition) is 4. The Hall–Kier alpha value is 1.10. The normalized spacial score (nSPS) is 5.65. The average Bonchev–Trinajstić information content (AvgIpc) is 1.76. The van der Waals surface area contributed by atoms with Gasteiger partial charge in [-0.25, -0.2) is 0 Å². The standard InChI is InChI=1S/4CH3NS2.Re/c4*2-1(3)4;/h4*(H3,2,3,4);/p-4. The Labute approximate surface area is 158 Å². The minimum absolute atomic E-state index is 0. The Bertz CT molecular complexity index is 170. The molecule has 0 aromatic rings. The second-order valence-corrected chi connectivity index (χ2v) is 5.83. The van der Waals surface area contributed by atoms with Gasteiger partial charge in [0, 0.05) is 20.4 Å². The molecule has 0 atom stereocenters. The van der Waals surface area contributed by atoms with Crippen molar-refractivity contribution in [1.82, 2.24) is 0 Å². The van der Waals surface area contributed by atoms with Gasteiger partial charge in [-0.05, 0) is 0 Å². The van der Waals surface area contributed by atoms with Gasteiger partial charge >= 0.3 is 0 Å². The molecule has 0 aromatic carbocycles. The van der Waals surface area contributed by atoms with Crippen molar-refractivity contribution < 1.29 is 20.4 Å². The molecule has 0 aliphatic rings. The smallest absolute Gasteiger partial charge is 0 e. The number of hydrogen-bond acceptors (Lipinski definition) is 8. The van der Waals surface area contributed by atoms with Crippen molar-refractivity contribution in [2.24, 2.45) is 22.9 Å². The van der Waals surface area contributed by atoms with Gasteiger partial charge in [-0.15, -0.1) is 0 Å². The molecule has 0 rings (SSSR count). The molecule has 0 saturated heterocycles. The fraction of sp³-hybridized carbons (Fsp3) is 0. The van der Waals surface area contributed by atoms with Crippen molar-refractivity contribution >= 4 is 117 Å². The molecule has 8 N–H and O–H groups in total. The predicted molar refractivity (Wildman–Crippen MR) is 96.6 cm³/mol. The summed E-state index contributed by atoms with van der Waals surface area (Å²) in [5.41, 5.74) is 18.6. The first-order valence-electron chi connectivity index (χ1n) is 2.79. The molecule has 0 aliphatic heterocycles. The zero-order chi connectivity index (χ0) is 14.3. The molecule has 0 amide bonds. The summed E-state index contributed by atoms with van der Waals surface area (Å²) in [5.74, 6) is 0. The van der Waals surface area contributed by atoms with Crippen molar-refractivity contribution in [3.8, 4) is 0 Å². The monoisotopic (exact) mass is 555 g/mol. The Balaban J connectivity index is -0.0000000369. The van der Waals surface area contributed by atoms with Crippen LogP contribution in [0.3, 0.4) is 0 Å². The van der Waals surface area contributed by atoms with Gasteiger partial charge < -0.3 is 122 Å². The van der Waals surface area contributed by atoms with Gasteiger partial charge in [0.15, 0.2) is 0 Å². The van der Waals surface area contributed by atoms with Crippen LogP contribution in [0.2, 0.25) is 0 Å². The molecule has 103 valence electrons. The first kappa shape index (κ1) is 30.8. The summed E-state index contributed by atoms with van der Waals surface area (Å²) in [6.45, 7) is 0. The number of nitrogens with two attached hydrogens (primary N) is 4. The van der Waals surface area contributed by atoms with Gasteiger partial charge in [-0.1, -0.05) is 17.3 Å². The van der Waals surface area contributed by atoms with Crippen molar-refractivity contribution in [1.29, 1.82) is 0 Å². The van der Waals surface area contributed by atoms with E-state index >= 15 is 0 Å². The second-order valence-electron chi connectivity index (χ2n) is 1.28. The van der Waals surface area contributed by atoms with Crippen molar-refractivity contribution in [2.45, 2.75) is 0 Å². The van der Waals surface area contributed by atoms with E-state index < -0.39 is 0 Å². The van der Waals surface area contributed by atoms with E-state index in [4.69, 9.17) is 0 Å². The molecule has 4 nitrogen and oxygen atoms in total. The Morgan fingerprint density at radius 2 is 0.529 bits per heavy atom. The van der Waals surface area contributed by atoms with Crippen molar-refractivity contribution in [2.75, 3.05) is 0 Å². The van der Waals surface area contributed by atoms with E-state index in [2.05, 4.69) is 122 Å². The zero-order valence-corrected chi connectivity index (χ0v) is 17.2. The molecule has 0 spiro atoms. The third-order valence-corrected chi connectivity index (χ3v) is 0. The number of rotatable bonds is 0. The first-order chi connectivity index (χ1) is 6.93. The molecule has 0 heterocycles. The van der Waals surface area contributed by atoms with Crippen LogP contribution in [0.5, 0.6) is 0 Å². The molecule has 1 radical (unpaired) electrons. The summed E-state index contributed by atoms with van der Waals surface area (Å²) in [6, 6.07) is 0. The Morgan fingerprint density at radius 3 is 0.529 bits per heavy atom. The van der Waals surface area contributed by atoms with Gasteiger partial charge in [0.25, 0.3) is 0 Å². The molecule has 0 unspecified atom stereocenters. The SMILES string of the molecule is NC(=S)[S-].NC(=S)[S-].NC(=S)[S-].NC(=S)[S-].[Re]. The van der Waals surface area contributed by atoms with Crippen LogP contribution in [-0.4, -0.2) is 17.3 Å². The van der Waals surface area contributed by atoms with Gasteiger partial charge in [-0.3, -0.25) is 0 Å². The van der Waals surface area contributed by atoms with Crippen LogP contribution in [0.1, 0.15) is 0 Å². The van der Waals surface area contributed by atoms with Crippen molar-refractivity contribution in [3.63, 3.8) is 0 Å². The molecule has 0 aromatic heterocycles. The fourth-order valence-electron chi connectivity index (χ4n) is 0. The fourth-order valence-corrected chi connectivity index (χ4v) is 0. The summed E-state index contributed by atoms with van der Waals surface area (Å²) < 4.78 is 0.333. The average molecular weight is 555 g/mol. The van der Waals surface area contributed by atoms with Crippen LogP contribution in [0, 0.1) is 0 Å². The molecular weight excluding hydrogens is 547 g/mol. The number of thiocarbonyl (C=S) groups is 4. The second kappa shape index (κ2) is 25.8. The molecular formula is C4H8N4ReS8-4. The van der Waals surface area contributed by atoms with Gasteiger partial charge in [-0.2, -0.15) is 0 Å². The molecule has 13 heteroatoms. The molecule has 17 heavy (non-hydrogen) atoms. The molecule has 0 saturated carbocycles. The summed E-state index contributed by atoms with van der Waals surface area (Å²) in [7, 11) is 0. The third-order valence-electron chi connectivity index (χ3n) is 0. The van der Waals surface area contributed by atoms with Crippen LogP contribution in [0.4, 0.5) is 0 Å². The Morgan fingerprint density at radius 1 is 0.529 bits per heavy atom.